The van der Waals surface area contributed by atoms with Crippen LogP contribution in [0.4, 0.5) is 5.82 Å². The minimum absolute atomic E-state index is 0.0140. The molecule has 2 amide bonds. The lowest BCUT2D eigenvalue weighted by Crippen LogP contribution is -2.41. The van der Waals surface area contributed by atoms with E-state index >= 15 is 0 Å². The Morgan fingerprint density at radius 3 is 2.25 bits per heavy atom. The van der Waals surface area contributed by atoms with E-state index in [0.717, 1.165) is 16.9 Å². The van der Waals surface area contributed by atoms with Crippen LogP contribution in [0.25, 0.3) is 5.69 Å². The summed E-state index contributed by atoms with van der Waals surface area (Å²) in [6, 6.07) is 9.80. The van der Waals surface area contributed by atoms with Crippen molar-refractivity contribution >= 4 is 17.6 Å². The number of aryl methyl sites for hydroxylation is 1. The van der Waals surface area contributed by atoms with Crippen LogP contribution >= 0.6 is 0 Å². The van der Waals surface area contributed by atoms with Crippen LogP contribution in [0.1, 0.15) is 52.8 Å². The molecular weight excluding hydrogens is 352 g/mol. The third-order valence-electron chi connectivity index (χ3n) is 4.46. The van der Waals surface area contributed by atoms with Gasteiger partial charge in [-0.1, -0.05) is 59.7 Å². The van der Waals surface area contributed by atoms with E-state index in [2.05, 4.69) is 26.1 Å². The predicted molar refractivity (Wildman–Crippen MR) is 113 cm³/mol. The minimum Gasteiger partial charge on any atom is -0.336 e. The van der Waals surface area contributed by atoms with Crippen LogP contribution in [0.3, 0.4) is 0 Å². The number of hydrogen-bond acceptors (Lipinski definition) is 3. The quantitative estimate of drug-likeness (QED) is 0.869. The number of hydrogen-bond donors (Lipinski definition) is 1. The highest BCUT2D eigenvalue weighted by molar-refractivity contribution is 5.94. The first kappa shape index (κ1) is 21.7. The van der Waals surface area contributed by atoms with Crippen molar-refractivity contribution in [3.63, 3.8) is 0 Å². The van der Waals surface area contributed by atoms with E-state index in [-0.39, 0.29) is 23.8 Å². The molecule has 0 fully saturated rings. The van der Waals surface area contributed by atoms with Gasteiger partial charge in [0.2, 0.25) is 11.8 Å². The summed E-state index contributed by atoms with van der Waals surface area (Å²) < 4.78 is 1.76. The third kappa shape index (κ3) is 5.00. The molecule has 6 nitrogen and oxygen atoms in total. The monoisotopic (exact) mass is 384 g/mol. The lowest BCUT2D eigenvalue weighted by molar-refractivity contribution is -0.140. The van der Waals surface area contributed by atoms with Crippen LogP contribution in [-0.4, -0.2) is 40.1 Å². The first-order valence-electron chi connectivity index (χ1n) is 9.52. The van der Waals surface area contributed by atoms with Crippen LogP contribution in [0, 0.1) is 12.3 Å². The molecule has 0 saturated carbocycles. The topological polar surface area (TPSA) is 67.2 Å². The molecule has 0 spiro atoms. The Bertz CT molecular complexity index is 869. The van der Waals surface area contributed by atoms with Gasteiger partial charge in [0.1, 0.15) is 5.82 Å². The van der Waals surface area contributed by atoms with Gasteiger partial charge in [-0.05, 0) is 18.6 Å². The molecule has 0 aliphatic carbocycles. The van der Waals surface area contributed by atoms with Crippen molar-refractivity contribution in [1.82, 2.24) is 14.7 Å². The lowest BCUT2D eigenvalue weighted by atomic mass is 9.92. The second-order valence-electron chi connectivity index (χ2n) is 9.32. The van der Waals surface area contributed by atoms with E-state index in [1.54, 1.807) is 11.7 Å². The second kappa shape index (κ2) is 7.78. The summed E-state index contributed by atoms with van der Waals surface area (Å²) in [5.74, 6) is 0.265. The summed E-state index contributed by atoms with van der Waals surface area (Å²) in [4.78, 5) is 26.4. The summed E-state index contributed by atoms with van der Waals surface area (Å²) >= 11 is 0. The van der Waals surface area contributed by atoms with Gasteiger partial charge in [-0.25, -0.2) is 4.68 Å². The second-order valence-corrected chi connectivity index (χ2v) is 9.32. The molecule has 1 N–H and O–H groups in total. The molecule has 0 aliphatic heterocycles. The van der Waals surface area contributed by atoms with Crippen molar-refractivity contribution < 1.29 is 9.59 Å². The molecule has 6 heteroatoms. The number of para-hydroxylation sites is 1. The molecule has 0 saturated heterocycles. The van der Waals surface area contributed by atoms with Crippen molar-refractivity contribution in [2.45, 2.75) is 53.9 Å². The number of rotatable bonds is 4. The van der Waals surface area contributed by atoms with Crippen molar-refractivity contribution in [2.24, 2.45) is 5.41 Å². The van der Waals surface area contributed by atoms with E-state index < -0.39 is 5.41 Å². The molecule has 2 aromatic rings. The summed E-state index contributed by atoms with van der Waals surface area (Å²) in [5, 5.41) is 7.67. The Kier molecular flexibility index (Phi) is 6.02. The molecule has 0 bridgehead atoms. The molecule has 152 valence electrons. The maximum absolute atomic E-state index is 12.6. The van der Waals surface area contributed by atoms with Gasteiger partial charge in [-0.2, -0.15) is 5.10 Å². The van der Waals surface area contributed by atoms with E-state index in [4.69, 9.17) is 5.10 Å². The number of benzene rings is 1. The molecule has 0 unspecified atom stereocenters. The van der Waals surface area contributed by atoms with Gasteiger partial charge < -0.3 is 10.2 Å². The van der Waals surface area contributed by atoms with Crippen LogP contribution in [0.2, 0.25) is 0 Å². The Morgan fingerprint density at radius 2 is 1.71 bits per heavy atom. The highest BCUT2D eigenvalue weighted by Crippen LogP contribution is 2.27. The van der Waals surface area contributed by atoms with Crippen LogP contribution < -0.4 is 5.32 Å². The minimum atomic E-state index is -0.530. The molecule has 0 aliphatic rings. The average molecular weight is 385 g/mol. The van der Waals surface area contributed by atoms with E-state index in [9.17, 15) is 9.59 Å². The van der Waals surface area contributed by atoms with Gasteiger partial charge >= 0.3 is 0 Å². The van der Waals surface area contributed by atoms with Crippen molar-refractivity contribution in [3.05, 3.63) is 41.6 Å². The molecule has 1 aromatic carbocycles. The van der Waals surface area contributed by atoms with Crippen LogP contribution in [0.15, 0.2) is 30.3 Å². The van der Waals surface area contributed by atoms with Crippen molar-refractivity contribution in [3.8, 4) is 5.69 Å². The first-order chi connectivity index (χ1) is 12.8. The number of likely N-dealkylation sites (N-methyl/N-ethyl adjacent to an activating group) is 1. The Morgan fingerprint density at radius 1 is 1.11 bits per heavy atom. The maximum atomic E-state index is 12.6. The number of carbonyl (C=O) groups is 2. The normalized spacial score (nSPS) is 12.0. The number of nitrogens with one attached hydrogen (secondary N) is 1. The van der Waals surface area contributed by atoms with Crippen molar-refractivity contribution in [2.75, 3.05) is 18.9 Å². The van der Waals surface area contributed by atoms with Crippen molar-refractivity contribution in [1.29, 1.82) is 0 Å². The number of amides is 2. The fraction of sp³-hybridized carbons (Fsp3) is 0.500. The molecule has 0 atom stereocenters. The summed E-state index contributed by atoms with van der Waals surface area (Å²) in [5.41, 5.74) is 2.16. The zero-order valence-corrected chi connectivity index (χ0v) is 18.3. The van der Waals surface area contributed by atoms with E-state index in [0.29, 0.717) is 5.82 Å². The van der Waals surface area contributed by atoms with E-state index in [1.807, 2.05) is 58.0 Å². The average Bonchev–Trinajstić information content (AvgIpc) is 2.97. The molecule has 1 heterocycles. The number of aromatic nitrogens is 2. The van der Waals surface area contributed by atoms with Gasteiger partial charge in [0.25, 0.3) is 0 Å². The fourth-order valence-corrected chi connectivity index (χ4v) is 2.86. The summed E-state index contributed by atoms with van der Waals surface area (Å²) in [6.45, 7) is 13.8. The van der Waals surface area contributed by atoms with Crippen LogP contribution in [0.5, 0.6) is 0 Å². The van der Waals surface area contributed by atoms with Gasteiger partial charge in [-0.3, -0.25) is 9.59 Å². The largest absolute Gasteiger partial charge is 0.336 e. The zero-order chi connectivity index (χ0) is 21.3. The summed E-state index contributed by atoms with van der Waals surface area (Å²) in [6.07, 6.45) is 0. The van der Waals surface area contributed by atoms with Gasteiger partial charge in [0.15, 0.2) is 0 Å². The predicted octanol–water partition coefficient (Wildman–Crippen LogP) is 3.92. The Balaban J connectivity index is 2.32. The van der Waals surface area contributed by atoms with Crippen LogP contribution in [-0.2, 0) is 15.0 Å². The lowest BCUT2D eigenvalue weighted by Gasteiger charge is -2.25. The standard InChI is InChI=1S/C22H32N4O2/c1-15-11-9-10-12-16(15)26-18(13-17(24-26)21(2,3)4)23-19(27)14-25(8)20(28)22(5,6)7/h9-13H,14H2,1-8H3,(H,23,27). The fourth-order valence-electron chi connectivity index (χ4n) is 2.86. The third-order valence-corrected chi connectivity index (χ3v) is 4.46. The molecular formula is C22H32N4O2. The number of carbonyl (C=O) groups excluding carboxylic acids is 2. The van der Waals surface area contributed by atoms with Gasteiger partial charge in [0.05, 0.1) is 17.9 Å². The molecule has 0 radical (unpaired) electrons. The Labute approximate surface area is 167 Å². The zero-order valence-electron chi connectivity index (χ0n) is 18.3. The SMILES string of the molecule is Cc1ccccc1-n1nc(C(C)(C)C)cc1NC(=O)CN(C)C(=O)C(C)(C)C. The molecule has 1 aromatic heterocycles. The maximum Gasteiger partial charge on any atom is 0.245 e. The number of nitrogens with zero attached hydrogens (tertiary/aromatic N) is 3. The number of anilines is 1. The highest BCUT2D eigenvalue weighted by Gasteiger charge is 2.27. The van der Waals surface area contributed by atoms with E-state index in [1.165, 1.54) is 4.90 Å². The molecule has 28 heavy (non-hydrogen) atoms. The highest BCUT2D eigenvalue weighted by atomic mass is 16.2. The first-order valence-corrected chi connectivity index (χ1v) is 9.52. The van der Waals surface area contributed by atoms with Gasteiger partial charge in [0, 0.05) is 23.9 Å². The Hall–Kier alpha value is -2.63. The smallest absolute Gasteiger partial charge is 0.245 e. The van der Waals surface area contributed by atoms with Gasteiger partial charge in [-0.15, -0.1) is 0 Å². The summed E-state index contributed by atoms with van der Waals surface area (Å²) in [7, 11) is 1.65. The molecule has 2 rings (SSSR count).